The van der Waals surface area contributed by atoms with Gasteiger partial charge in [-0.25, -0.2) is 0 Å². The molecule has 0 fully saturated rings. The van der Waals surface area contributed by atoms with Gasteiger partial charge < -0.3 is 5.32 Å². The third-order valence-corrected chi connectivity index (χ3v) is 5.73. The highest BCUT2D eigenvalue weighted by molar-refractivity contribution is 5.91. The van der Waals surface area contributed by atoms with E-state index in [1.807, 2.05) is 0 Å². The minimum atomic E-state index is 0.0938. The summed E-state index contributed by atoms with van der Waals surface area (Å²) in [5.41, 5.74) is 5.24. The Hall–Kier alpha value is -2.87. The van der Waals surface area contributed by atoms with Gasteiger partial charge >= 0.3 is 0 Å². The first-order valence-corrected chi connectivity index (χ1v) is 10.6. The number of rotatable bonds is 6. The second-order valence-corrected chi connectivity index (χ2v) is 8.46. The summed E-state index contributed by atoms with van der Waals surface area (Å²) < 4.78 is 0. The normalized spacial score (nSPS) is 19.7. The van der Waals surface area contributed by atoms with Crippen LogP contribution in [0.3, 0.4) is 0 Å². The van der Waals surface area contributed by atoms with E-state index in [4.69, 9.17) is 4.99 Å². The van der Waals surface area contributed by atoms with Crippen molar-refractivity contribution in [1.82, 2.24) is 5.32 Å². The van der Waals surface area contributed by atoms with Crippen LogP contribution in [-0.4, -0.2) is 5.84 Å². The van der Waals surface area contributed by atoms with E-state index in [-0.39, 0.29) is 18.0 Å². The zero-order valence-corrected chi connectivity index (χ0v) is 17.5. The SMILES string of the molecule is CC(C)Cc1ccc(C(C)C2=NC(c3ccccc3)C(c3ccccc3)N2)cc1. The summed E-state index contributed by atoms with van der Waals surface area (Å²) in [5.74, 6) is 1.99. The quantitative estimate of drug-likeness (QED) is 0.519. The summed E-state index contributed by atoms with van der Waals surface area (Å²) in [6.07, 6.45) is 1.13. The molecule has 0 saturated heterocycles. The Morgan fingerprint density at radius 2 is 1.34 bits per heavy atom. The van der Waals surface area contributed by atoms with Crippen LogP contribution in [0.1, 0.15) is 61.0 Å². The molecule has 4 rings (SSSR count). The van der Waals surface area contributed by atoms with Gasteiger partial charge in [0.05, 0.1) is 6.04 Å². The van der Waals surface area contributed by atoms with Crippen LogP contribution >= 0.6 is 0 Å². The average Bonchev–Trinajstić information content (AvgIpc) is 3.20. The molecule has 3 atom stereocenters. The number of aliphatic imine (C=N–C) groups is 1. The predicted octanol–water partition coefficient (Wildman–Crippen LogP) is 6.47. The molecule has 1 aliphatic heterocycles. The van der Waals surface area contributed by atoms with Crippen molar-refractivity contribution in [3.8, 4) is 0 Å². The molecule has 3 aromatic rings. The Kier molecular flexibility index (Phi) is 5.80. The van der Waals surface area contributed by atoms with Crippen LogP contribution in [0.4, 0.5) is 0 Å². The largest absolute Gasteiger partial charge is 0.364 e. The number of nitrogens with zero attached hydrogens (tertiary/aromatic N) is 1. The molecule has 148 valence electrons. The second kappa shape index (κ2) is 8.65. The van der Waals surface area contributed by atoms with Crippen LogP contribution in [-0.2, 0) is 6.42 Å². The highest BCUT2D eigenvalue weighted by atomic mass is 15.1. The molecule has 0 aromatic heterocycles. The van der Waals surface area contributed by atoms with Gasteiger partial charge in [0.15, 0.2) is 0 Å². The van der Waals surface area contributed by atoms with Gasteiger partial charge in [0.2, 0.25) is 0 Å². The van der Waals surface area contributed by atoms with Crippen LogP contribution in [0, 0.1) is 5.92 Å². The zero-order chi connectivity index (χ0) is 20.2. The molecule has 0 aliphatic carbocycles. The molecule has 3 aromatic carbocycles. The molecule has 0 amide bonds. The molecule has 0 bridgehead atoms. The van der Waals surface area contributed by atoms with Gasteiger partial charge in [0.25, 0.3) is 0 Å². The third kappa shape index (κ3) is 4.42. The number of hydrogen-bond donors (Lipinski definition) is 1. The Morgan fingerprint density at radius 3 is 1.93 bits per heavy atom. The number of amidine groups is 1. The van der Waals surface area contributed by atoms with Gasteiger partial charge in [0.1, 0.15) is 11.9 Å². The fourth-order valence-corrected chi connectivity index (χ4v) is 4.15. The van der Waals surface area contributed by atoms with Gasteiger partial charge in [-0.3, -0.25) is 4.99 Å². The zero-order valence-electron chi connectivity index (χ0n) is 17.5. The van der Waals surface area contributed by atoms with Gasteiger partial charge in [0, 0.05) is 5.92 Å². The van der Waals surface area contributed by atoms with E-state index in [1.54, 1.807) is 0 Å². The van der Waals surface area contributed by atoms with Crippen molar-refractivity contribution < 1.29 is 0 Å². The summed E-state index contributed by atoms with van der Waals surface area (Å²) in [6, 6.07) is 30.6. The van der Waals surface area contributed by atoms with Crippen LogP contribution in [0.2, 0.25) is 0 Å². The van der Waals surface area contributed by atoms with Gasteiger partial charge in [-0.15, -0.1) is 0 Å². The van der Waals surface area contributed by atoms with Crippen molar-refractivity contribution in [2.45, 2.75) is 45.2 Å². The van der Waals surface area contributed by atoms with E-state index in [1.165, 1.54) is 22.3 Å². The topological polar surface area (TPSA) is 24.4 Å². The first-order chi connectivity index (χ1) is 14.1. The van der Waals surface area contributed by atoms with E-state index in [2.05, 4.69) is 111 Å². The van der Waals surface area contributed by atoms with E-state index in [0.29, 0.717) is 5.92 Å². The van der Waals surface area contributed by atoms with Crippen molar-refractivity contribution >= 4 is 5.84 Å². The molecule has 2 heteroatoms. The number of nitrogens with one attached hydrogen (secondary N) is 1. The Bertz CT molecular complexity index is 943. The molecule has 3 unspecified atom stereocenters. The molecular weight excluding hydrogens is 352 g/mol. The molecule has 1 N–H and O–H groups in total. The molecule has 0 saturated carbocycles. The lowest BCUT2D eigenvalue weighted by molar-refractivity contribution is 0.571. The molecule has 1 heterocycles. The Balaban J connectivity index is 1.61. The summed E-state index contributed by atoms with van der Waals surface area (Å²) in [5, 5.41) is 3.75. The molecule has 1 aliphatic rings. The fraction of sp³-hybridized carbons (Fsp3) is 0.296. The maximum Gasteiger partial charge on any atom is 0.105 e. The van der Waals surface area contributed by atoms with Crippen LogP contribution < -0.4 is 5.32 Å². The summed E-state index contributed by atoms with van der Waals surface area (Å²) in [4.78, 5) is 5.17. The summed E-state index contributed by atoms with van der Waals surface area (Å²) >= 11 is 0. The minimum Gasteiger partial charge on any atom is -0.364 e. The van der Waals surface area contributed by atoms with E-state index >= 15 is 0 Å². The van der Waals surface area contributed by atoms with Gasteiger partial charge in [-0.1, -0.05) is 106 Å². The first-order valence-electron chi connectivity index (χ1n) is 10.6. The van der Waals surface area contributed by atoms with Crippen LogP contribution in [0.15, 0.2) is 89.9 Å². The maximum absolute atomic E-state index is 5.17. The first kappa shape index (κ1) is 19.4. The lowest BCUT2D eigenvalue weighted by Crippen LogP contribution is -2.27. The molecule has 0 radical (unpaired) electrons. The molecular formula is C27H30N2. The smallest absolute Gasteiger partial charge is 0.105 e. The Labute approximate surface area is 174 Å². The summed E-state index contributed by atoms with van der Waals surface area (Å²) in [6.45, 7) is 6.78. The number of hydrogen-bond acceptors (Lipinski definition) is 2. The van der Waals surface area contributed by atoms with Crippen molar-refractivity contribution in [2.24, 2.45) is 10.9 Å². The molecule has 2 nitrogen and oxygen atoms in total. The van der Waals surface area contributed by atoms with Gasteiger partial charge in [-0.05, 0) is 34.6 Å². The van der Waals surface area contributed by atoms with E-state index in [0.717, 1.165) is 12.3 Å². The highest BCUT2D eigenvalue weighted by Crippen LogP contribution is 2.38. The number of benzene rings is 3. The van der Waals surface area contributed by atoms with Crippen molar-refractivity contribution in [3.63, 3.8) is 0 Å². The summed E-state index contributed by atoms with van der Waals surface area (Å²) in [7, 11) is 0. The van der Waals surface area contributed by atoms with E-state index < -0.39 is 0 Å². The molecule has 29 heavy (non-hydrogen) atoms. The van der Waals surface area contributed by atoms with Crippen molar-refractivity contribution in [1.29, 1.82) is 0 Å². The Morgan fingerprint density at radius 1 is 0.759 bits per heavy atom. The second-order valence-electron chi connectivity index (χ2n) is 8.46. The average molecular weight is 383 g/mol. The van der Waals surface area contributed by atoms with E-state index in [9.17, 15) is 0 Å². The monoisotopic (exact) mass is 382 g/mol. The van der Waals surface area contributed by atoms with Crippen LogP contribution in [0.25, 0.3) is 0 Å². The minimum absolute atomic E-state index is 0.0938. The van der Waals surface area contributed by atoms with Crippen LogP contribution in [0.5, 0.6) is 0 Å². The lowest BCUT2D eigenvalue weighted by atomic mass is 9.94. The predicted molar refractivity (Wildman–Crippen MR) is 122 cm³/mol. The highest BCUT2D eigenvalue weighted by Gasteiger charge is 2.33. The standard InChI is InChI=1S/C27H30N2/c1-19(2)18-21-14-16-22(17-15-21)20(3)27-28-25(23-10-6-4-7-11-23)26(29-27)24-12-8-5-9-13-24/h4-17,19-20,25-26H,18H2,1-3H3,(H,28,29). The maximum atomic E-state index is 5.17. The lowest BCUT2D eigenvalue weighted by Gasteiger charge is -2.20. The molecule has 0 spiro atoms. The van der Waals surface area contributed by atoms with Gasteiger partial charge in [-0.2, -0.15) is 0 Å². The van der Waals surface area contributed by atoms with Crippen molar-refractivity contribution in [2.75, 3.05) is 0 Å². The fourth-order valence-electron chi connectivity index (χ4n) is 4.15. The third-order valence-electron chi connectivity index (χ3n) is 5.73. The van der Waals surface area contributed by atoms with Crippen molar-refractivity contribution in [3.05, 3.63) is 107 Å².